The molecule has 2 fully saturated rings. The monoisotopic (exact) mass is 367 g/mol. The molecule has 2 aliphatic heterocycles. The fourth-order valence-electron chi connectivity index (χ4n) is 4.22. The van der Waals surface area contributed by atoms with E-state index in [4.69, 9.17) is 15.2 Å². The first kappa shape index (κ1) is 18.6. The highest BCUT2D eigenvalue weighted by atomic mass is 35.5. The number of ether oxygens (including phenoxy) is 2. The van der Waals surface area contributed by atoms with Gasteiger partial charge in [0.15, 0.2) is 11.5 Å². The highest BCUT2D eigenvalue weighted by Crippen LogP contribution is 2.41. The van der Waals surface area contributed by atoms with Gasteiger partial charge in [0.25, 0.3) is 0 Å². The average molecular weight is 368 g/mol. The summed E-state index contributed by atoms with van der Waals surface area (Å²) in [6.07, 6.45) is 6.44. The Morgan fingerprint density at radius 1 is 1.00 bits per heavy atom. The molecule has 6 heteroatoms. The third kappa shape index (κ3) is 4.33. The smallest absolute Gasteiger partial charge is 0.231 e. The second kappa shape index (κ2) is 8.47. The Balaban J connectivity index is 0.00000182. The van der Waals surface area contributed by atoms with Crippen molar-refractivity contribution < 1.29 is 9.47 Å². The van der Waals surface area contributed by atoms with Gasteiger partial charge in [0.2, 0.25) is 6.79 Å². The van der Waals surface area contributed by atoms with E-state index in [0.29, 0.717) is 12.8 Å². The topological polar surface area (TPSA) is 51.0 Å². The molecule has 140 valence electrons. The standard InChI is InChI=1S/C19H29N3O2.ClH/c20-16-6-4-15(5-7-16)8-9-21-10-12-22(13-11-21)17-2-1-3-18-19(17)24-14-23-18;/h1-3,15-16H,4-14,20H2;1H. The molecule has 1 aromatic carbocycles. The van der Waals surface area contributed by atoms with Gasteiger partial charge < -0.3 is 20.1 Å². The van der Waals surface area contributed by atoms with Gasteiger partial charge in [-0.2, -0.15) is 0 Å². The molecule has 1 saturated carbocycles. The van der Waals surface area contributed by atoms with Crippen molar-refractivity contribution in [1.82, 2.24) is 4.90 Å². The first-order chi connectivity index (χ1) is 11.8. The maximum atomic E-state index is 6.01. The zero-order valence-corrected chi connectivity index (χ0v) is 15.7. The molecule has 3 aliphatic rings. The van der Waals surface area contributed by atoms with Crippen LogP contribution >= 0.6 is 12.4 Å². The van der Waals surface area contributed by atoms with Gasteiger partial charge in [-0.25, -0.2) is 0 Å². The second-order valence-electron chi connectivity index (χ2n) is 7.41. The summed E-state index contributed by atoms with van der Waals surface area (Å²) in [5, 5.41) is 0. The molecule has 0 aromatic heterocycles. The van der Waals surface area contributed by atoms with Gasteiger partial charge in [-0.15, -0.1) is 12.4 Å². The van der Waals surface area contributed by atoms with E-state index in [-0.39, 0.29) is 12.4 Å². The fourth-order valence-corrected chi connectivity index (χ4v) is 4.22. The van der Waals surface area contributed by atoms with Gasteiger partial charge in [0.1, 0.15) is 0 Å². The summed E-state index contributed by atoms with van der Waals surface area (Å²) >= 11 is 0. The van der Waals surface area contributed by atoms with Crippen molar-refractivity contribution in [3.8, 4) is 11.5 Å². The van der Waals surface area contributed by atoms with Crippen molar-refractivity contribution in [1.29, 1.82) is 0 Å². The molecule has 2 heterocycles. The molecule has 0 bridgehead atoms. The summed E-state index contributed by atoms with van der Waals surface area (Å²) in [5.74, 6) is 2.70. The van der Waals surface area contributed by atoms with Crippen LogP contribution in [0, 0.1) is 5.92 Å². The van der Waals surface area contributed by atoms with E-state index < -0.39 is 0 Å². The minimum absolute atomic E-state index is 0. The Bertz CT molecular complexity index is 556. The summed E-state index contributed by atoms with van der Waals surface area (Å²) in [6.45, 7) is 5.98. The lowest BCUT2D eigenvalue weighted by Gasteiger charge is -2.37. The van der Waals surface area contributed by atoms with Crippen LogP contribution in [-0.2, 0) is 0 Å². The van der Waals surface area contributed by atoms with Gasteiger partial charge in [-0.1, -0.05) is 6.07 Å². The lowest BCUT2D eigenvalue weighted by molar-refractivity contribution is 0.173. The normalized spacial score (nSPS) is 26.4. The summed E-state index contributed by atoms with van der Waals surface area (Å²) < 4.78 is 11.2. The largest absolute Gasteiger partial charge is 0.454 e. The van der Waals surface area contributed by atoms with E-state index in [0.717, 1.165) is 43.6 Å². The number of anilines is 1. The Morgan fingerprint density at radius 3 is 2.52 bits per heavy atom. The summed E-state index contributed by atoms with van der Waals surface area (Å²) in [6, 6.07) is 6.65. The number of halogens is 1. The van der Waals surface area contributed by atoms with Crippen LogP contribution in [0.15, 0.2) is 18.2 Å². The molecule has 0 amide bonds. The van der Waals surface area contributed by atoms with Crippen molar-refractivity contribution in [2.45, 2.75) is 38.1 Å². The molecular weight excluding hydrogens is 338 g/mol. The van der Waals surface area contributed by atoms with Crippen LogP contribution in [0.1, 0.15) is 32.1 Å². The Kier molecular flexibility index (Phi) is 6.31. The zero-order valence-electron chi connectivity index (χ0n) is 14.9. The van der Waals surface area contributed by atoms with Gasteiger partial charge in [0.05, 0.1) is 5.69 Å². The number of benzene rings is 1. The number of fused-ring (bicyclic) bond motifs is 1. The van der Waals surface area contributed by atoms with Crippen molar-refractivity contribution in [2.24, 2.45) is 11.7 Å². The molecule has 2 N–H and O–H groups in total. The molecule has 0 unspecified atom stereocenters. The van der Waals surface area contributed by atoms with Crippen LogP contribution < -0.4 is 20.1 Å². The van der Waals surface area contributed by atoms with Gasteiger partial charge >= 0.3 is 0 Å². The third-order valence-electron chi connectivity index (χ3n) is 5.83. The SMILES string of the molecule is Cl.NC1CCC(CCN2CCN(c3cccc4c3OCO4)CC2)CC1. The number of rotatable bonds is 4. The summed E-state index contributed by atoms with van der Waals surface area (Å²) in [5.41, 5.74) is 7.20. The first-order valence-corrected chi connectivity index (χ1v) is 9.41. The second-order valence-corrected chi connectivity index (χ2v) is 7.41. The molecule has 0 radical (unpaired) electrons. The predicted molar refractivity (Wildman–Crippen MR) is 103 cm³/mol. The van der Waals surface area contributed by atoms with E-state index in [1.54, 1.807) is 0 Å². The van der Waals surface area contributed by atoms with Crippen molar-refractivity contribution in [3.63, 3.8) is 0 Å². The van der Waals surface area contributed by atoms with E-state index in [2.05, 4.69) is 21.9 Å². The third-order valence-corrected chi connectivity index (χ3v) is 5.83. The fraction of sp³-hybridized carbons (Fsp3) is 0.684. The predicted octanol–water partition coefficient (Wildman–Crippen LogP) is 2.87. The van der Waals surface area contributed by atoms with Gasteiger partial charge in [-0.3, -0.25) is 4.90 Å². The molecule has 25 heavy (non-hydrogen) atoms. The Labute approximate surface area is 156 Å². The minimum Gasteiger partial charge on any atom is -0.454 e. The molecular formula is C19H30ClN3O2. The maximum Gasteiger partial charge on any atom is 0.231 e. The number of para-hydroxylation sites is 1. The van der Waals surface area contributed by atoms with Crippen LogP contribution in [0.4, 0.5) is 5.69 Å². The lowest BCUT2D eigenvalue weighted by Crippen LogP contribution is -2.47. The highest BCUT2D eigenvalue weighted by Gasteiger charge is 2.25. The summed E-state index contributed by atoms with van der Waals surface area (Å²) in [7, 11) is 0. The Morgan fingerprint density at radius 2 is 1.76 bits per heavy atom. The number of hydrogen-bond donors (Lipinski definition) is 1. The quantitative estimate of drug-likeness (QED) is 0.886. The minimum atomic E-state index is 0. The molecule has 4 rings (SSSR count). The number of piperazine rings is 1. The molecule has 1 saturated heterocycles. The summed E-state index contributed by atoms with van der Waals surface area (Å²) in [4.78, 5) is 5.05. The molecule has 5 nitrogen and oxygen atoms in total. The number of nitrogens with two attached hydrogens (primary N) is 1. The van der Waals surface area contributed by atoms with E-state index in [1.165, 1.54) is 44.3 Å². The molecule has 1 aromatic rings. The molecule has 1 aliphatic carbocycles. The molecule has 0 spiro atoms. The highest BCUT2D eigenvalue weighted by molar-refractivity contribution is 5.85. The van der Waals surface area contributed by atoms with Crippen molar-refractivity contribution >= 4 is 18.1 Å². The van der Waals surface area contributed by atoms with Gasteiger partial charge in [-0.05, 0) is 56.7 Å². The van der Waals surface area contributed by atoms with Crippen LogP contribution in [-0.4, -0.2) is 50.5 Å². The lowest BCUT2D eigenvalue weighted by atomic mass is 9.84. The van der Waals surface area contributed by atoms with Gasteiger partial charge in [0, 0.05) is 32.2 Å². The maximum absolute atomic E-state index is 6.01. The number of hydrogen-bond acceptors (Lipinski definition) is 5. The number of nitrogens with zero attached hydrogens (tertiary/aromatic N) is 2. The van der Waals surface area contributed by atoms with Crippen molar-refractivity contribution in [2.75, 3.05) is 44.4 Å². The van der Waals surface area contributed by atoms with E-state index >= 15 is 0 Å². The zero-order chi connectivity index (χ0) is 16.4. The molecule has 0 atom stereocenters. The van der Waals surface area contributed by atoms with E-state index in [9.17, 15) is 0 Å². The van der Waals surface area contributed by atoms with E-state index in [1.807, 2.05) is 6.07 Å². The Hall–Kier alpha value is -1.17. The van der Waals surface area contributed by atoms with Crippen molar-refractivity contribution in [3.05, 3.63) is 18.2 Å². The van der Waals surface area contributed by atoms with Crippen LogP contribution in [0.3, 0.4) is 0 Å². The van der Waals surface area contributed by atoms with Crippen LogP contribution in [0.5, 0.6) is 11.5 Å². The van der Waals surface area contributed by atoms with Crippen LogP contribution in [0.2, 0.25) is 0 Å². The van der Waals surface area contributed by atoms with Crippen LogP contribution in [0.25, 0.3) is 0 Å². The first-order valence-electron chi connectivity index (χ1n) is 9.41. The average Bonchev–Trinajstić information content (AvgIpc) is 3.10.